The van der Waals surface area contributed by atoms with Gasteiger partial charge in [-0.2, -0.15) is 0 Å². The fraction of sp³-hybridized carbons (Fsp3) is 0.400. The summed E-state index contributed by atoms with van der Waals surface area (Å²) in [5, 5.41) is 0. The van der Waals surface area contributed by atoms with Gasteiger partial charge in [0.15, 0.2) is 0 Å². The van der Waals surface area contributed by atoms with E-state index in [-0.39, 0.29) is 6.04 Å². The SMILES string of the molecule is CCOc1ccc(C(C)NN)cc1. The van der Waals surface area contributed by atoms with Crippen LogP contribution in [-0.2, 0) is 0 Å². The third kappa shape index (κ3) is 2.72. The lowest BCUT2D eigenvalue weighted by atomic mass is 10.1. The molecule has 3 heteroatoms. The maximum atomic E-state index is 5.32. The molecule has 72 valence electrons. The molecule has 0 aromatic heterocycles. The summed E-state index contributed by atoms with van der Waals surface area (Å²) in [7, 11) is 0. The summed E-state index contributed by atoms with van der Waals surface area (Å²) in [5.41, 5.74) is 3.85. The van der Waals surface area contributed by atoms with Crippen LogP contribution in [-0.4, -0.2) is 6.61 Å². The van der Waals surface area contributed by atoms with Gasteiger partial charge in [-0.3, -0.25) is 11.3 Å². The summed E-state index contributed by atoms with van der Waals surface area (Å²) in [4.78, 5) is 0. The second-order valence-corrected chi connectivity index (χ2v) is 2.89. The molecule has 0 saturated carbocycles. The average Bonchev–Trinajstić information content (AvgIpc) is 2.18. The van der Waals surface area contributed by atoms with Crippen molar-refractivity contribution in [1.29, 1.82) is 0 Å². The summed E-state index contributed by atoms with van der Waals surface area (Å²) in [6.45, 7) is 4.68. The highest BCUT2D eigenvalue weighted by molar-refractivity contribution is 5.28. The van der Waals surface area contributed by atoms with Gasteiger partial charge in [0, 0.05) is 6.04 Å². The number of hydrogen-bond acceptors (Lipinski definition) is 3. The predicted octanol–water partition coefficient (Wildman–Crippen LogP) is 1.61. The van der Waals surface area contributed by atoms with Gasteiger partial charge < -0.3 is 4.74 Å². The summed E-state index contributed by atoms with van der Waals surface area (Å²) in [6.07, 6.45) is 0. The number of nitrogens with two attached hydrogens (primary N) is 1. The van der Waals surface area contributed by atoms with Crippen LogP contribution in [0.15, 0.2) is 24.3 Å². The largest absolute Gasteiger partial charge is 0.494 e. The second-order valence-electron chi connectivity index (χ2n) is 2.89. The van der Waals surface area contributed by atoms with Crippen molar-refractivity contribution in [2.24, 2.45) is 5.84 Å². The zero-order valence-corrected chi connectivity index (χ0v) is 8.08. The Morgan fingerprint density at radius 2 is 2.00 bits per heavy atom. The first-order valence-corrected chi connectivity index (χ1v) is 4.46. The molecular formula is C10H16N2O. The van der Waals surface area contributed by atoms with Crippen LogP contribution in [0.4, 0.5) is 0 Å². The lowest BCUT2D eigenvalue weighted by molar-refractivity contribution is 0.340. The smallest absolute Gasteiger partial charge is 0.119 e. The lowest BCUT2D eigenvalue weighted by Crippen LogP contribution is -2.25. The van der Waals surface area contributed by atoms with Crippen molar-refractivity contribution in [3.8, 4) is 5.75 Å². The summed E-state index contributed by atoms with van der Waals surface area (Å²) < 4.78 is 5.32. The molecule has 0 fully saturated rings. The van der Waals surface area contributed by atoms with Crippen molar-refractivity contribution in [3.63, 3.8) is 0 Å². The van der Waals surface area contributed by atoms with Gasteiger partial charge in [0.05, 0.1) is 6.61 Å². The molecule has 0 amide bonds. The third-order valence-electron chi connectivity index (χ3n) is 1.94. The van der Waals surface area contributed by atoms with E-state index >= 15 is 0 Å². The number of hydrazine groups is 1. The lowest BCUT2D eigenvalue weighted by Gasteiger charge is -2.10. The molecule has 0 aliphatic rings. The van der Waals surface area contributed by atoms with E-state index in [4.69, 9.17) is 10.6 Å². The quantitative estimate of drug-likeness (QED) is 0.546. The Morgan fingerprint density at radius 3 is 2.46 bits per heavy atom. The Balaban J connectivity index is 2.69. The maximum absolute atomic E-state index is 5.32. The topological polar surface area (TPSA) is 47.3 Å². The molecule has 1 atom stereocenters. The Morgan fingerprint density at radius 1 is 1.38 bits per heavy atom. The molecule has 0 aliphatic heterocycles. The zero-order chi connectivity index (χ0) is 9.68. The van der Waals surface area contributed by atoms with Crippen LogP contribution < -0.4 is 16.0 Å². The van der Waals surface area contributed by atoms with Gasteiger partial charge in [0.25, 0.3) is 0 Å². The standard InChI is InChI=1S/C10H16N2O/c1-3-13-10-6-4-9(5-7-10)8(2)12-11/h4-8,12H,3,11H2,1-2H3. The van der Waals surface area contributed by atoms with Crippen molar-refractivity contribution >= 4 is 0 Å². The number of ether oxygens (including phenoxy) is 1. The van der Waals surface area contributed by atoms with Crippen LogP contribution in [0.5, 0.6) is 5.75 Å². The van der Waals surface area contributed by atoms with Gasteiger partial charge in [0.1, 0.15) is 5.75 Å². The van der Waals surface area contributed by atoms with E-state index < -0.39 is 0 Å². The maximum Gasteiger partial charge on any atom is 0.119 e. The van der Waals surface area contributed by atoms with Crippen molar-refractivity contribution in [3.05, 3.63) is 29.8 Å². The summed E-state index contributed by atoms with van der Waals surface area (Å²) in [6, 6.07) is 8.10. The molecule has 0 saturated heterocycles. The van der Waals surface area contributed by atoms with Gasteiger partial charge in [-0.05, 0) is 31.5 Å². The van der Waals surface area contributed by atoms with Crippen LogP contribution in [0.2, 0.25) is 0 Å². The molecule has 1 unspecified atom stereocenters. The van der Waals surface area contributed by atoms with Crippen LogP contribution in [0, 0.1) is 0 Å². The predicted molar refractivity (Wildman–Crippen MR) is 53.3 cm³/mol. The molecular weight excluding hydrogens is 164 g/mol. The minimum Gasteiger partial charge on any atom is -0.494 e. The first kappa shape index (κ1) is 10.0. The molecule has 1 rings (SSSR count). The Hall–Kier alpha value is -1.06. The third-order valence-corrected chi connectivity index (χ3v) is 1.94. The first-order valence-electron chi connectivity index (χ1n) is 4.46. The molecule has 0 aliphatic carbocycles. The van der Waals surface area contributed by atoms with Crippen LogP contribution >= 0.6 is 0 Å². The van der Waals surface area contributed by atoms with Gasteiger partial charge in [-0.1, -0.05) is 12.1 Å². The Kier molecular flexibility index (Phi) is 3.73. The molecule has 0 heterocycles. The average molecular weight is 180 g/mol. The highest BCUT2D eigenvalue weighted by atomic mass is 16.5. The van der Waals surface area contributed by atoms with Crippen molar-refractivity contribution in [2.75, 3.05) is 6.61 Å². The van der Waals surface area contributed by atoms with Crippen molar-refractivity contribution in [1.82, 2.24) is 5.43 Å². The molecule has 13 heavy (non-hydrogen) atoms. The molecule has 1 aromatic rings. The van der Waals surface area contributed by atoms with Gasteiger partial charge in [-0.25, -0.2) is 0 Å². The molecule has 0 spiro atoms. The molecule has 0 bridgehead atoms. The second kappa shape index (κ2) is 4.84. The highest BCUT2D eigenvalue weighted by Gasteiger charge is 2.01. The monoisotopic (exact) mass is 180 g/mol. The van der Waals surface area contributed by atoms with E-state index in [1.54, 1.807) is 0 Å². The first-order chi connectivity index (χ1) is 6.27. The summed E-state index contributed by atoms with van der Waals surface area (Å²) >= 11 is 0. The zero-order valence-electron chi connectivity index (χ0n) is 8.08. The van der Waals surface area contributed by atoms with Gasteiger partial charge in [0.2, 0.25) is 0 Å². The van der Waals surface area contributed by atoms with Crippen molar-refractivity contribution in [2.45, 2.75) is 19.9 Å². The molecule has 1 aromatic carbocycles. The van der Waals surface area contributed by atoms with Gasteiger partial charge in [-0.15, -0.1) is 0 Å². The number of hydrogen-bond donors (Lipinski definition) is 2. The number of benzene rings is 1. The van der Waals surface area contributed by atoms with E-state index in [1.807, 2.05) is 38.1 Å². The molecule has 3 N–H and O–H groups in total. The van der Waals surface area contributed by atoms with Crippen molar-refractivity contribution < 1.29 is 4.74 Å². The number of rotatable bonds is 4. The minimum atomic E-state index is 0.177. The van der Waals surface area contributed by atoms with Crippen LogP contribution in [0.25, 0.3) is 0 Å². The Bertz CT molecular complexity index is 246. The van der Waals surface area contributed by atoms with E-state index in [1.165, 1.54) is 0 Å². The van der Waals surface area contributed by atoms with E-state index in [2.05, 4.69) is 5.43 Å². The normalized spacial score (nSPS) is 12.5. The van der Waals surface area contributed by atoms with E-state index in [0.717, 1.165) is 11.3 Å². The fourth-order valence-electron chi connectivity index (χ4n) is 1.12. The Labute approximate surface area is 78.9 Å². The minimum absolute atomic E-state index is 0.177. The molecule has 3 nitrogen and oxygen atoms in total. The molecule has 0 radical (unpaired) electrons. The van der Waals surface area contributed by atoms with Crippen LogP contribution in [0.1, 0.15) is 25.5 Å². The highest BCUT2D eigenvalue weighted by Crippen LogP contribution is 2.16. The van der Waals surface area contributed by atoms with Crippen LogP contribution in [0.3, 0.4) is 0 Å². The number of nitrogens with one attached hydrogen (secondary N) is 1. The summed E-state index contributed by atoms with van der Waals surface area (Å²) in [5.74, 6) is 6.22. The van der Waals surface area contributed by atoms with E-state index in [9.17, 15) is 0 Å². The van der Waals surface area contributed by atoms with Gasteiger partial charge >= 0.3 is 0 Å². The fourth-order valence-corrected chi connectivity index (χ4v) is 1.12. The van der Waals surface area contributed by atoms with E-state index in [0.29, 0.717) is 6.61 Å².